The Kier molecular flexibility index (Phi) is 47.2. The van der Waals surface area contributed by atoms with Gasteiger partial charge in [0, 0.05) is 53.6 Å². The van der Waals surface area contributed by atoms with Gasteiger partial charge in [0.2, 0.25) is 124 Å². The van der Waals surface area contributed by atoms with Gasteiger partial charge in [-0.3, -0.25) is 105 Å². The Bertz CT molecular complexity index is 5180. The highest BCUT2D eigenvalue weighted by atomic mass is 16.4. The number of aromatic nitrogens is 2. The van der Waals surface area contributed by atoms with Gasteiger partial charge in [-0.1, -0.05) is 98.2 Å². The zero-order valence-corrected chi connectivity index (χ0v) is 81.8. The molecule has 4 aromatic rings. The molecule has 2 aliphatic rings. The predicted octanol–water partition coefficient (Wildman–Crippen LogP) is -8.76. The number of nitrogens with two attached hydrogens (primary N) is 2. The molecule has 6 rings (SSSR count). The maximum absolute atomic E-state index is 15.1. The number of fused-ring (bicyclic) bond motifs is 3. The number of benzene rings is 2. The molecule has 2 aromatic carbocycles. The van der Waals surface area contributed by atoms with Crippen LogP contribution in [-0.2, 0) is 118 Å². The molecule has 51 heteroatoms. The number of aliphatic hydroxyl groups excluding tert-OH is 4. The van der Waals surface area contributed by atoms with Crippen LogP contribution in [0.1, 0.15) is 158 Å². The maximum Gasteiger partial charge on any atom is 0.305 e. The first-order valence-corrected chi connectivity index (χ1v) is 47.3. The van der Waals surface area contributed by atoms with Gasteiger partial charge in [0.25, 0.3) is 0 Å². The third kappa shape index (κ3) is 37.6. The van der Waals surface area contributed by atoms with Crippen LogP contribution in [0.15, 0.2) is 60.9 Å². The van der Waals surface area contributed by atoms with Crippen molar-refractivity contribution in [1.29, 1.82) is 0 Å². The molecule has 18 atom stereocenters. The highest BCUT2D eigenvalue weighted by Gasteiger charge is 2.43. The Balaban J connectivity index is 1.30. The number of H-pyrrole nitrogens is 2. The van der Waals surface area contributed by atoms with Crippen molar-refractivity contribution >= 4 is 152 Å². The molecular formula is C92H138N24O27. The van der Waals surface area contributed by atoms with E-state index in [0.717, 1.165) is 25.7 Å². The molecule has 21 amide bonds. The van der Waals surface area contributed by atoms with E-state index in [1.807, 2.05) is 0 Å². The Hall–Kier alpha value is -14.3. The zero-order chi connectivity index (χ0) is 106. The third-order valence-electron chi connectivity index (χ3n) is 23.4. The number of aliphatic carboxylic acids is 1. The fraction of sp³-hybridized carbons (Fsp3) is 0.587. The van der Waals surface area contributed by atoms with Gasteiger partial charge >= 0.3 is 5.97 Å². The van der Waals surface area contributed by atoms with Gasteiger partial charge in [-0.15, -0.1) is 0 Å². The molecule has 0 saturated carbocycles. The van der Waals surface area contributed by atoms with Crippen LogP contribution < -0.4 is 112 Å². The van der Waals surface area contributed by atoms with Crippen molar-refractivity contribution in [1.82, 2.24) is 116 Å². The molecule has 0 spiro atoms. The highest BCUT2D eigenvalue weighted by molar-refractivity contribution is 6.03. The van der Waals surface area contributed by atoms with Gasteiger partial charge in [0.15, 0.2) is 0 Å². The number of amides is 21. The summed E-state index contributed by atoms with van der Waals surface area (Å²) in [5, 5.41) is 99.4. The van der Waals surface area contributed by atoms with E-state index in [-0.39, 0.29) is 89.1 Å². The number of carbonyl (C=O) groups is 22. The molecule has 2 fully saturated rings. The smallest absolute Gasteiger partial charge is 0.305 e. The quantitative estimate of drug-likeness (QED) is 0.0290. The topological polar surface area (TPSA) is 792 Å². The Morgan fingerprint density at radius 3 is 1.27 bits per heavy atom. The first-order chi connectivity index (χ1) is 67.6. The first-order valence-electron chi connectivity index (χ1n) is 47.3. The molecule has 0 radical (unpaired) electrons. The van der Waals surface area contributed by atoms with Crippen LogP contribution in [0.25, 0.3) is 21.8 Å². The number of carbonyl (C=O) groups excluding carboxylic acids is 21. The molecule has 0 aliphatic carbocycles. The van der Waals surface area contributed by atoms with Gasteiger partial charge in [-0.25, -0.2) is 0 Å². The molecule has 18 unspecified atom stereocenters. The number of nitrogens with zero attached hydrogens (tertiary/aromatic N) is 1. The molecule has 2 aliphatic heterocycles. The minimum atomic E-state index is -2.03. The van der Waals surface area contributed by atoms with Crippen molar-refractivity contribution in [3.63, 3.8) is 0 Å². The van der Waals surface area contributed by atoms with Crippen LogP contribution in [0, 0.1) is 23.7 Å². The number of hydrogen-bond donors (Lipinski definition) is 28. The van der Waals surface area contributed by atoms with Crippen LogP contribution in [0.4, 0.5) is 0 Å². The number of carboxylic acids is 1. The van der Waals surface area contributed by atoms with Gasteiger partial charge in [0.05, 0.1) is 71.0 Å². The van der Waals surface area contributed by atoms with E-state index in [9.17, 15) is 126 Å². The van der Waals surface area contributed by atoms with Crippen LogP contribution in [-0.4, -0.2) is 332 Å². The van der Waals surface area contributed by atoms with Crippen molar-refractivity contribution in [2.24, 2.45) is 35.1 Å². The van der Waals surface area contributed by atoms with E-state index in [2.05, 4.69) is 111 Å². The largest absolute Gasteiger partial charge is 0.481 e. The van der Waals surface area contributed by atoms with E-state index in [0.29, 0.717) is 39.4 Å². The Morgan fingerprint density at radius 2 is 0.776 bits per heavy atom. The van der Waals surface area contributed by atoms with Crippen LogP contribution in [0.5, 0.6) is 0 Å². The lowest BCUT2D eigenvalue weighted by Gasteiger charge is -2.30. The van der Waals surface area contributed by atoms with Crippen LogP contribution in [0.3, 0.4) is 0 Å². The summed E-state index contributed by atoms with van der Waals surface area (Å²) in [7, 11) is 0. The summed E-state index contributed by atoms with van der Waals surface area (Å²) in [6.07, 6.45) is -2.75. The number of nitrogens with one attached hydrogen (secondary N) is 21. The molecule has 0 bridgehead atoms. The summed E-state index contributed by atoms with van der Waals surface area (Å²) in [5.74, 6) is -26.2. The standard InChI is InChI=1S/C92H138N24O27/c1-12-47(8)75-91(142)111-65(42-117)87(138)102-48(9)78(129)112-66(43-118)92(143)116-27-19-25-67(116)88(139)110-61(31-51-35-95-55-22-15-13-20-53(51)55)79(130)98-39-70(123)104-63(33-68(94)121)80(131)99-41-73(126)114-76(49(10)119)89(140)101-40-71(124)103-58(28-44(2)3)82(133)109-64(34-74(127)128)85(136)108-62(32-52-36-96-56-23-16-14-21-54(52)56)84(135)105-57(24-17-18-26-93)81(132)106-59(29-45(4)5)83(134)107-60(30-46(6)7)86(137)115-77(50(11)120)90(141)100-37-69(122)97-38-72(125)113-75/h13-16,20-23,35-36,44-50,57-67,75-77,95-96,117-120H,12,17-19,24-34,37-43,93H2,1-11H3,(H2,94,121)(H,97,122)(H,98,130)(H,99,131)(H,100,141)(H,101,140)(H,102,138)(H,103,124)(H,104,123)(H,105,135)(H,106,132)(H,107,134)(H,108,136)(H,109,133)(H,110,139)(H,111,142)(H,112,129)(H,113,125)(H,114,126)(H,115,137)(H,127,128). The van der Waals surface area contributed by atoms with Crippen molar-refractivity contribution in [3.05, 3.63) is 72.1 Å². The molecule has 30 N–H and O–H groups in total. The number of aromatic amines is 2. The van der Waals surface area contributed by atoms with Gasteiger partial charge in [-0.05, 0) is 126 Å². The second-order valence-corrected chi connectivity index (χ2v) is 36.7. The molecule has 2 saturated heterocycles. The number of carboxylic acid groups (broad SMARTS) is 1. The summed E-state index contributed by atoms with van der Waals surface area (Å²) < 4.78 is 0. The van der Waals surface area contributed by atoms with E-state index in [1.165, 1.54) is 6.20 Å². The van der Waals surface area contributed by atoms with E-state index in [1.54, 1.807) is 110 Å². The van der Waals surface area contributed by atoms with Crippen LogP contribution >= 0.6 is 0 Å². The number of rotatable bonds is 24. The summed E-state index contributed by atoms with van der Waals surface area (Å²) >= 11 is 0. The zero-order valence-electron chi connectivity index (χ0n) is 81.8. The van der Waals surface area contributed by atoms with E-state index < -0.39 is 303 Å². The van der Waals surface area contributed by atoms with Crippen molar-refractivity contribution in [2.45, 2.75) is 262 Å². The Morgan fingerprint density at radius 1 is 0.399 bits per heavy atom. The van der Waals surface area contributed by atoms with Crippen molar-refractivity contribution < 1.29 is 131 Å². The van der Waals surface area contributed by atoms with Crippen LogP contribution in [0.2, 0.25) is 0 Å². The Labute approximate surface area is 823 Å². The molecule has 788 valence electrons. The first kappa shape index (κ1) is 117. The lowest BCUT2D eigenvalue weighted by atomic mass is 9.98. The number of hydrogen-bond acceptors (Lipinski definition) is 27. The highest BCUT2D eigenvalue weighted by Crippen LogP contribution is 2.25. The van der Waals surface area contributed by atoms with Crippen molar-refractivity contribution in [3.8, 4) is 0 Å². The van der Waals surface area contributed by atoms with E-state index >= 15 is 4.79 Å². The third-order valence-corrected chi connectivity index (χ3v) is 23.4. The fourth-order valence-corrected chi connectivity index (χ4v) is 15.7. The molecular weight excluding hydrogens is 1870 g/mol. The summed E-state index contributed by atoms with van der Waals surface area (Å²) in [5.41, 5.74) is 13.4. The number of unbranched alkanes of at least 4 members (excludes halogenated alkanes) is 1. The van der Waals surface area contributed by atoms with Gasteiger partial charge in [0.1, 0.15) is 90.6 Å². The SMILES string of the molecule is CCC(C)C1NC(=O)CNC(=O)CNC(=O)C(C(C)O)NC(=O)C(CC(C)C)NC(=O)C(CC(C)C)NC(=O)C(CCCCN)NC(=O)C(Cc2c[nH]c3ccccc23)NC(=O)C(CC(=O)O)NC(=O)C(CC(C)C)NC(=O)CNC(=O)C(C(C)O)NC(=O)CNC(=O)C(CC(N)=O)NC(=O)CNC(=O)C(Cc2c[nH]c3ccccc23)NC(=O)C2CCCN2C(=O)C(CO)NC(=O)C(C)NC(=O)C(CO)NC1=O. The normalized spacial score (nSPS) is 25.3. The van der Waals surface area contributed by atoms with Gasteiger partial charge < -0.3 is 153 Å². The predicted molar refractivity (Wildman–Crippen MR) is 511 cm³/mol. The van der Waals surface area contributed by atoms with Crippen molar-refractivity contribution in [2.75, 3.05) is 59.0 Å². The average Bonchev–Trinajstić information content (AvgIpc) is 1.69. The molecule has 2 aromatic heterocycles. The van der Waals surface area contributed by atoms with Gasteiger partial charge in [-0.2, -0.15) is 0 Å². The summed E-state index contributed by atoms with van der Waals surface area (Å²) in [6.45, 7) is 9.77. The molecule has 51 nitrogen and oxygen atoms in total. The minimum absolute atomic E-state index is 0.0273. The summed E-state index contributed by atoms with van der Waals surface area (Å²) in [4.78, 5) is 314. The second-order valence-electron chi connectivity index (χ2n) is 36.7. The maximum atomic E-state index is 15.1. The molecule has 143 heavy (non-hydrogen) atoms. The molecule has 4 heterocycles. The number of primary amides is 1. The minimum Gasteiger partial charge on any atom is -0.481 e. The lowest BCUT2D eigenvalue weighted by Crippen LogP contribution is -2.61. The number of aliphatic hydroxyl groups is 4. The van der Waals surface area contributed by atoms with E-state index in [4.69, 9.17) is 11.5 Å². The lowest BCUT2D eigenvalue weighted by molar-refractivity contribution is -0.143. The second kappa shape index (κ2) is 57.5. The fourth-order valence-electron chi connectivity index (χ4n) is 15.7. The summed E-state index contributed by atoms with van der Waals surface area (Å²) in [6, 6.07) is -11.4. The monoisotopic (exact) mass is 2010 g/mol. The average molecular weight is 2010 g/mol. The number of para-hydroxylation sites is 2.